The molecule has 1 aliphatic heterocycles. The van der Waals surface area contributed by atoms with Gasteiger partial charge in [0.15, 0.2) is 12.4 Å². The third-order valence-electron chi connectivity index (χ3n) is 10.2. The summed E-state index contributed by atoms with van der Waals surface area (Å²) in [7, 11) is 0. The molecule has 5 unspecified atom stereocenters. The summed E-state index contributed by atoms with van der Waals surface area (Å²) < 4.78 is 22.6. The van der Waals surface area contributed by atoms with Gasteiger partial charge in [0.1, 0.15) is 24.9 Å². The first-order valence-electron chi connectivity index (χ1n) is 21.5. The van der Waals surface area contributed by atoms with Gasteiger partial charge in [0.2, 0.25) is 0 Å². The SMILES string of the molecule is CCCCCCCCCCCCCCCC(=O)OCC(COC1O[C@H](CC)C(O)C(O)C1O)OC(=O)CCCCCCCCCCCCCCC. The lowest BCUT2D eigenvalue weighted by Gasteiger charge is -2.40. The molecule has 6 atom stereocenters. The molecule has 51 heavy (non-hydrogen) atoms. The van der Waals surface area contributed by atoms with Crippen molar-refractivity contribution in [3.05, 3.63) is 0 Å². The topological polar surface area (TPSA) is 132 Å². The number of carbonyl (C=O) groups excluding carboxylic acids is 2. The molecule has 9 nitrogen and oxygen atoms in total. The highest BCUT2D eigenvalue weighted by Crippen LogP contribution is 2.24. The number of rotatable bonds is 35. The van der Waals surface area contributed by atoms with E-state index in [2.05, 4.69) is 13.8 Å². The number of ether oxygens (including phenoxy) is 4. The van der Waals surface area contributed by atoms with Crippen molar-refractivity contribution in [1.82, 2.24) is 0 Å². The maximum Gasteiger partial charge on any atom is 0.306 e. The lowest BCUT2D eigenvalue weighted by molar-refractivity contribution is -0.301. The molecule has 0 aromatic heterocycles. The van der Waals surface area contributed by atoms with Crippen LogP contribution in [-0.4, -0.2) is 77.3 Å². The highest BCUT2D eigenvalue weighted by atomic mass is 16.7. The number of esters is 2. The Morgan fingerprint density at radius 1 is 0.510 bits per heavy atom. The standard InChI is InChI=1S/C42H80O9/c1-4-7-9-11-13-15-17-19-21-23-25-27-29-31-37(43)48-33-35(34-49-42-41(47)40(46)39(45)36(6-3)51-42)50-38(44)32-30-28-26-24-22-20-18-16-14-12-10-8-5-2/h35-36,39-42,45-47H,4-34H2,1-3H3/t35?,36-,39?,40?,41?,42?/m1/s1. The first kappa shape index (κ1) is 47.8. The Labute approximate surface area is 312 Å². The molecule has 3 N–H and O–H groups in total. The normalized spacial score (nSPS) is 21.1. The Balaban J connectivity index is 2.35. The Bertz CT molecular complexity index is 807. The summed E-state index contributed by atoms with van der Waals surface area (Å²) >= 11 is 0. The van der Waals surface area contributed by atoms with Crippen LogP contribution in [0.15, 0.2) is 0 Å². The molecule has 0 spiro atoms. The summed E-state index contributed by atoms with van der Waals surface area (Å²) in [5.74, 6) is -0.722. The second kappa shape index (κ2) is 33.3. The van der Waals surface area contributed by atoms with E-state index in [0.717, 1.165) is 38.5 Å². The van der Waals surface area contributed by atoms with Crippen LogP contribution in [0.5, 0.6) is 0 Å². The maximum atomic E-state index is 12.7. The maximum absolute atomic E-state index is 12.7. The molecule has 0 saturated carbocycles. The molecule has 0 aromatic rings. The van der Waals surface area contributed by atoms with Crippen molar-refractivity contribution in [2.45, 2.75) is 244 Å². The van der Waals surface area contributed by atoms with E-state index in [-0.39, 0.29) is 31.6 Å². The number of unbranched alkanes of at least 4 members (excludes halogenated alkanes) is 24. The Hall–Kier alpha value is -1.26. The lowest BCUT2D eigenvalue weighted by atomic mass is 9.97. The second-order valence-corrected chi connectivity index (χ2v) is 15.0. The average Bonchev–Trinajstić information content (AvgIpc) is 3.13. The van der Waals surface area contributed by atoms with E-state index in [9.17, 15) is 24.9 Å². The minimum absolute atomic E-state index is 0.160. The molecular formula is C42H80O9. The Morgan fingerprint density at radius 2 is 0.902 bits per heavy atom. The van der Waals surface area contributed by atoms with E-state index in [4.69, 9.17) is 18.9 Å². The van der Waals surface area contributed by atoms with Crippen molar-refractivity contribution in [3.8, 4) is 0 Å². The van der Waals surface area contributed by atoms with Gasteiger partial charge in [0, 0.05) is 12.8 Å². The molecule has 0 aliphatic carbocycles. The number of aliphatic hydroxyl groups is 3. The average molecular weight is 729 g/mol. The summed E-state index contributed by atoms with van der Waals surface area (Å²) in [5.41, 5.74) is 0. The van der Waals surface area contributed by atoms with E-state index in [1.807, 2.05) is 0 Å². The molecule has 302 valence electrons. The quantitative estimate of drug-likeness (QED) is 0.0431. The molecule has 0 bridgehead atoms. The van der Waals surface area contributed by atoms with Crippen LogP contribution in [-0.2, 0) is 28.5 Å². The first-order valence-corrected chi connectivity index (χ1v) is 21.5. The van der Waals surface area contributed by atoms with Crippen molar-refractivity contribution in [3.63, 3.8) is 0 Å². The zero-order chi connectivity index (χ0) is 37.4. The second-order valence-electron chi connectivity index (χ2n) is 15.0. The first-order chi connectivity index (χ1) is 24.8. The summed E-state index contributed by atoms with van der Waals surface area (Å²) in [6.45, 7) is 5.96. The van der Waals surface area contributed by atoms with Crippen molar-refractivity contribution in [1.29, 1.82) is 0 Å². The number of aliphatic hydroxyl groups excluding tert-OH is 3. The van der Waals surface area contributed by atoms with Gasteiger partial charge < -0.3 is 34.3 Å². The van der Waals surface area contributed by atoms with Gasteiger partial charge in [-0.25, -0.2) is 0 Å². The highest BCUT2D eigenvalue weighted by Gasteiger charge is 2.43. The molecule has 0 amide bonds. The van der Waals surface area contributed by atoms with E-state index < -0.39 is 36.8 Å². The highest BCUT2D eigenvalue weighted by molar-refractivity contribution is 5.70. The molecule has 1 aliphatic rings. The number of hydrogen-bond donors (Lipinski definition) is 3. The third-order valence-corrected chi connectivity index (χ3v) is 10.2. The fourth-order valence-corrected chi connectivity index (χ4v) is 6.79. The minimum Gasteiger partial charge on any atom is -0.462 e. The molecule has 0 aromatic carbocycles. The summed E-state index contributed by atoms with van der Waals surface area (Å²) in [6.07, 6.45) is 25.9. The van der Waals surface area contributed by atoms with Crippen LogP contribution in [0, 0.1) is 0 Å². The van der Waals surface area contributed by atoms with Crippen molar-refractivity contribution in [2.24, 2.45) is 0 Å². The smallest absolute Gasteiger partial charge is 0.306 e. The number of carbonyl (C=O) groups is 2. The fraction of sp³-hybridized carbons (Fsp3) is 0.952. The van der Waals surface area contributed by atoms with Crippen LogP contribution < -0.4 is 0 Å². The molecule has 1 saturated heterocycles. The van der Waals surface area contributed by atoms with Crippen LogP contribution in [0.4, 0.5) is 0 Å². The fourth-order valence-electron chi connectivity index (χ4n) is 6.79. The molecular weight excluding hydrogens is 648 g/mol. The summed E-state index contributed by atoms with van der Waals surface area (Å²) in [5, 5.41) is 30.8. The Kier molecular flexibility index (Phi) is 31.2. The van der Waals surface area contributed by atoms with Crippen molar-refractivity contribution < 1.29 is 43.9 Å². The zero-order valence-electron chi connectivity index (χ0n) is 33.2. The molecule has 0 radical (unpaired) electrons. The predicted molar refractivity (Wildman–Crippen MR) is 204 cm³/mol. The third kappa shape index (κ3) is 25.4. The van der Waals surface area contributed by atoms with Crippen LogP contribution in [0.3, 0.4) is 0 Å². The van der Waals surface area contributed by atoms with Gasteiger partial charge in [0.05, 0.1) is 12.7 Å². The lowest BCUT2D eigenvalue weighted by Crippen LogP contribution is -2.58. The predicted octanol–water partition coefficient (Wildman–Crippen LogP) is 9.64. The van der Waals surface area contributed by atoms with E-state index >= 15 is 0 Å². The monoisotopic (exact) mass is 729 g/mol. The number of hydrogen-bond acceptors (Lipinski definition) is 9. The molecule has 1 rings (SSSR count). The molecule has 9 heteroatoms. The summed E-state index contributed by atoms with van der Waals surface area (Å²) in [4.78, 5) is 25.3. The van der Waals surface area contributed by atoms with Crippen molar-refractivity contribution in [2.75, 3.05) is 13.2 Å². The van der Waals surface area contributed by atoms with Crippen LogP contribution in [0.2, 0.25) is 0 Å². The van der Waals surface area contributed by atoms with Gasteiger partial charge in [0.25, 0.3) is 0 Å². The van der Waals surface area contributed by atoms with E-state index in [1.165, 1.54) is 128 Å². The summed E-state index contributed by atoms with van der Waals surface area (Å²) in [6, 6.07) is 0. The molecule has 1 fully saturated rings. The van der Waals surface area contributed by atoms with Gasteiger partial charge in [-0.3, -0.25) is 9.59 Å². The van der Waals surface area contributed by atoms with Crippen LogP contribution in [0.1, 0.15) is 207 Å². The van der Waals surface area contributed by atoms with Gasteiger partial charge in [-0.2, -0.15) is 0 Å². The van der Waals surface area contributed by atoms with E-state index in [1.54, 1.807) is 6.92 Å². The van der Waals surface area contributed by atoms with Crippen LogP contribution >= 0.6 is 0 Å². The minimum atomic E-state index is -1.47. The van der Waals surface area contributed by atoms with Gasteiger partial charge in [-0.15, -0.1) is 0 Å². The van der Waals surface area contributed by atoms with Crippen LogP contribution in [0.25, 0.3) is 0 Å². The van der Waals surface area contributed by atoms with Gasteiger partial charge >= 0.3 is 11.9 Å². The molecule has 1 heterocycles. The van der Waals surface area contributed by atoms with Gasteiger partial charge in [-0.1, -0.05) is 175 Å². The van der Waals surface area contributed by atoms with Gasteiger partial charge in [-0.05, 0) is 19.3 Å². The zero-order valence-corrected chi connectivity index (χ0v) is 33.2. The Morgan fingerprint density at radius 3 is 1.31 bits per heavy atom. The van der Waals surface area contributed by atoms with E-state index in [0.29, 0.717) is 12.8 Å². The largest absolute Gasteiger partial charge is 0.462 e. The van der Waals surface area contributed by atoms with Crippen molar-refractivity contribution >= 4 is 11.9 Å².